The van der Waals surface area contributed by atoms with E-state index in [1.165, 1.54) is 11.3 Å². The number of nitrogens with zero attached hydrogens (tertiary/aromatic N) is 3. The maximum atomic E-state index is 6.00. The number of hydrogen-bond acceptors (Lipinski definition) is 5. The molecule has 2 heterocycles. The lowest BCUT2D eigenvalue weighted by Gasteiger charge is -1.96. The van der Waals surface area contributed by atoms with Gasteiger partial charge in [-0.2, -0.15) is 0 Å². The average Bonchev–Trinajstić information content (AvgIpc) is 2.68. The Morgan fingerprint density at radius 2 is 2.27 bits per heavy atom. The Morgan fingerprint density at radius 1 is 1.40 bits per heavy atom. The zero-order valence-electron chi connectivity index (χ0n) is 7.85. The minimum Gasteiger partial charge on any atom is -0.330 e. The Hall–Kier alpha value is -1.04. The Morgan fingerprint density at radius 3 is 3.00 bits per heavy atom. The predicted molar refractivity (Wildman–Crippen MR) is 60.9 cm³/mol. The van der Waals surface area contributed by atoms with Crippen LogP contribution in [0, 0.1) is 0 Å². The van der Waals surface area contributed by atoms with Gasteiger partial charge in [-0.25, -0.2) is 0 Å². The SMILES string of the molecule is NCCc1nnc(-c2ccncc2Cl)s1. The molecule has 15 heavy (non-hydrogen) atoms. The third-order valence-corrected chi connectivity index (χ3v) is 3.15. The average molecular weight is 241 g/mol. The van der Waals surface area contributed by atoms with E-state index in [9.17, 15) is 0 Å². The summed E-state index contributed by atoms with van der Waals surface area (Å²) < 4.78 is 0. The topological polar surface area (TPSA) is 64.7 Å². The summed E-state index contributed by atoms with van der Waals surface area (Å²) in [6.07, 6.45) is 4.03. The van der Waals surface area contributed by atoms with E-state index >= 15 is 0 Å². The summed E-state index contributed by atoms with van der Waals surface area (Å²) >= 11 is 7.51. The molecule has 0 aromatic carbocycles. The number of hydrogen-bond donors (Lipinski definition) is 1. The van der Waals surface area contributed by atoms with Crippen LogP contribution < -0.4 is 5.73 Å². The number of nitrogens with two attached hydrogens (primary N) is 1. The van der Waals surface area contributed by atoms with Crippen LogP contribution in [-0.2, 0) is 6.42 Å². The Kier molecular flexibility index (Phi) is 3.25. The first-order chi connectivity index (χ1) is 7.31. The van der Waals surface area contributed by atoms with Gasteiger partial charge in [0, 0.05) is 24.4 Å². The van der Waals surface area contributed by atoms with E-state index in [0.717, 1.165) is 22.0 Å². The summed E-state index contributed by atoms with van der Waals surface area (Å²) in [5.74, 6) is 0. The zero-order chi connectivity index (χ0) is 10.7. The van der Waals surface area contributed by atoms with Crippen LogP contribution in [0.5, 0.6) is 0 Å². The fourth-order valence-electron chi connectivity index (χ4n) is 1.14. The maximum absolute atomic E-state index is 6.00. The fraction of sp³-hybridized carbons (Fsp3) is 0.222. The van der Waals surface area contributed by atoms with Crippen LogP contribution in [0.15, 0.2) is 18.5 Å². The molecule has 0 aliphatic rings. The molecule has 0 radical (unpaired) electrons. The largest absolute Gasteiger partial charge is 0.330 e. The molecule has 2 aromatic heterocycles. The third kappa shape index (κ3) is 2.31. The van der Waals surface area contributed by atoms with Gasteiger partial charge in [0.15, 0.2) is 0 Å². The Bertz CT molecular complexity index is 457. The van der Waals surface area contributed by atoms with Gasteiger partial charge in [0.1, 0.15) is 10.0 Å². The molecule has 2 rings (SSSR count). The molecule has 0 atom stereocenters. The van der Waals surface area contributed by atoms with Crippen LogP contribution in [0.3, 0.4) is 0 Å². The molecule has 0 saturated heterocycles. The van der Waals surface area contributed by atoms with Crippen molar-refractivity contribution < 1.29 is 0 Å². The van der Waals surface area contributed by atoms with E-state index < -0.39 is 0 Å². The van der Waals surface area contributed by atoms with Gasteiger partial charge < -0.3 is 5.73 Å². The van der Waals surface area contributed by atoms with Gasteiger partial charge in [0.2, 0.25) is 0 Å². The molecule has 0 fully saturated rings. The molecule has 0 unspecified atom stereocenters. The van der Waals surface area contributed by atoms with Crippen molar-refractivity contribution in [2.75, 3.05) is 6.54 Å². The molecule has 4 nitrogen and oxygen atoms in total. The van der Waals surface area contributed by atoms with E-state index in [2.05, 4.69) is 15.2 Å². The summed E-state index contributed by atoms with van der Waals surface area (Å²) in [5, 5.41) is 10.4. The first kappa shape index (κ1) is 10.5. The Labute approximate surface area is 96.1 Å². The molecule has 2 N–H and O–H groups in total. The van der Waals surface area contributed by atoms with Crippen LogP contribution in [0.25, 0.3) is 10.6 Å². The maximum Gasteiger partial charge on any atom is 0.149 e. The lowest BCUT2D eigenvalue weighted by atomic mass is 10.3. The third-order valence-electron chi connectivity index (χ3n) is 1.83. The molecule has 78 valence electrons. The van der Waals surface area contributed by atoms with Crippen LogP contribution in [0.2, 0.25) is 5.02 Å². The second kappa shape index (κ2) is 4.65. The molecule has 6 heteroatoms. The van der Waals surface area contributed by atoms with Gasteiger partial charge in [-0.05, 0) is 12.6 Å². The highest BCUT2D eigenvalue weighted by atomic mass is 35.5. The highest BCUT2D eigenvalue weighted by molar-refractivity contribution is 7.14. The summed E-state index contributed by atoms with van der Waals surface area (Å²) in [5.41, 5.74) is 6.31. The molecule has 0 aliphatic carbocycles. The number of pyridine rings is 1. The molecule has 0 aliphatic heterocycles. The summed E-state index contributed by atoms with van der Waals surface area (Å²) in [4.78, 5) is 3.92. The van der Waals surface area contributed by atoms with Gasteiger partial charge >= 0.3 is 0 Å². The van der Waals surface area contributed by atoms with Gasteiger partial charge in [-0.15, -0.1) is 10.2 Å². The first-order valence-electron chi connectivity index (χ1n) is 4.43. The second-order valence-electron chi connectivity index (χ2n) is 2.90. The van der Waals surface area contributed by atoms with Crippen molar-refractivity contribution in [3.63, 3.8) is 0 Å². The molecule has 0 spiro atoms. The van der Waals surface area contributed by atoms with Crippen molar-refractivity contribution in [2.24, 2.45) is 5.73 Å². The minimum absolute atomic E-state index is 0.582. The number of halogens is 1. The molecular weight excluding hydrogens is 232 g/mol. The van der Waals surface area contributed by atoms with Gasteiger partial charge in [-0.3, -0.25) is 4.98 Å². The van der Waals surface area contributed by atoms with Crippen molar-refractivity contribution in [1.29, 1.82) is 0 Å². The zero-order valence-corrected chi connectivity index (χ0v) is 9.42. The van der Waals surface area contributed by atoms with Crippen molar-refractivity contribution >= 4 is 22.9 Å². The van der Waals surface area contributed by atoms with Crippen molar-refractivity contribution in [3.8, 4) is 10.6 Å². The quantitative estimate of drug-likeness (QED) is 0.888. The van der Waals surface area contributed by atoms with Crippen molar-refractivity contribution in [2.45, 2.75) is 6.42 Å². The number of aromatic nitrogens is 3. The molecule has 0 saturated carbocycles. The smallest absolute Gasteiger partial charge is 0.149 e. The van der Waals surface area contributed by atoms with E-state index in [0.29, 0.717) is 11.6 Å². The van der Waals surface area contributed by atoms with Gasteiger partial charge in [0.25, 0.3) is 0 Å². The minimum atomic E-state index is 0.582. The van der Waals surface area contributed by atoms with Crippen LogP contribution in [0.4, 0.5) is 0 Å². The lowest BCUT2D eigenvalue weighted by molar-refractivity contribution is 0.913. The first-order valence-corrected chi connectivity index (χ1v) is 5.63. The van der Waals surface area contributed by atoms with Crippen molar-refractivity contribution in [3.05, 3.63) is 28.5 Å². The lowest BCUT2D eigenvalue weighted by Crippen LogP contribution is -2.01. The van der Waals surface area contributed by atoms with E-state index in [-0.39, 0.29) is 0 Å². The highest BCUT2D eigenvalue weighted by Crippen LogP contribution is 2.29. The fourth-order valence-corrected chi connectivity index (χ4v) is 2.29. The highest BCUT2D eigenvalue weighted by Gasteiger charge is 2.09. The summed E-state index contributed by atoms with van der Waals surface area (Å²) in [7, 11) is 0. The Balaban J connectivity index is 2.33. The summed E-state index contributed by atoms with van der Waals surface area (Å²) in [6, 6.07) is 1.83. The van der Waals surface area contributed by atoms with Crippen LogP contribution >= 0.6 is 22.9 Å². The molecule has 0 bridgehead atoms. The standard InChI is InChI=1S/C9H9ClN4S/c10-7-5-12-4-2-6(7)9-14-13-8(15-9)1-3-11/h2,4-5H,1,3,11H2. The van der Waals surface area contributed by atoms with E-state index in [4.69, 9.17) is 17.3 Å². The monoisotopic (exact) mass is 240 g/mol. The second-order valence-corrected chi connectivity index (χ2v) is 4.36. The molecular formula is C9H9ClN4S. The van der Waals surface area contributed by atoms with Gasteiger partial charge in [-0.1, -0.05) is 22.9 Å². The molecule has 0 amide bonds. The van der Waals surface area contributed by atoms with E-state index in [1.54, 1.807) is 12.4 Å². The predicted octanol–water partition coefficient (Wildman–Crippen LogP) is 1.75. The normalized spacial score (nSPS) is 10.5. The van der Waals surface area contributed by atoms with Crippen molar-refractivity contribution in [1.82, 2.24) is 15.2 Å². The molecule has 2 aromatic rings. The van der Waals surface area contributed by atoms with Crippen LogP contribution in [0.1, 0.15) is 5.01 Å². The number of rotatable bonds is 3. The van der Waals surface area contributed by atoms with E-state index in [1.807, 2.05) is 6.07 Å². The van der Waals surface area contributed by atoms with Gasteiger partial charge in [0.05, 0.1) is 5.02 Å². The summed E-state index contributed by atoms with van der Waals surface area (Å²) in [6.45, 7) is 0.582. The van der Waals surface area contributed by atoms with Crippen LogP contribution in [-0.4, -0.2) is 21.7 Å².